The second-order valence-corrected chi connectivity index (χ2v) is 9.06. The zero-order valence-electron chi connectivity index (χ0n) is 20.5. The van der Waals surface area contributed by atoms with Gasteiger partial charge >= 0.3 is 0 Å². The van der Waals surface area contributed by atoms with Crippen LogP contribution in [0.5, 0.6) is 0 Å². The first-order valence-electron chi connectivity index (χ1n) is 12.3. The normalized spacial score (nSPS) is 13.7. The van der Waals surface area contributed by atoms with Gasteiger partial charge in [0.25, 0.3) is 0 Å². The molecule has 9 nitrogen and oxygen atoms in total. The molecule has 9 heteroatoms. The zero-order chi connectivity index (χ0) is 25.2. The number of aryl methyl sites for hydroxylation is 1. The predicted octanol–water partition coefficient (Wildman–Crippen LogP) is 4.04. The quantitative estimate of drug-likeness (QED) is 0.370. The van der Waals surface area contributed by atoms with E-state index < -0.39 is 0 Å². The van der Waals surface area contributed by atoms with Gasteiger partial charge in [-0.3, -0.25) is 14.5 Å². The lowest BCUT2D eigenvalue weighted by Crippen LogP contribution is -2.36. The van der Waals surface area contributed by atoms with Crippen LogP contribution in [-0.4, -0.2) is 56.9 Å². The van der Waals surface area contributed by atoms with Crippen molar-refractivity contribution in [3.63, 3.8) is 0 Å². The van der Waals surface area contributed by atoms with Crippen LogP contribution in [-0.2, 0) is 23.0 Å². The summed E-state index contributed by atoms with van der Waals surface area (Å²) in [5.41, 5.74) is 6.47. The minimum absolute atomic E-state index is 0.0936. The van der Waals surface area contributed by atoms with E-state index in [1.807, 2.05) is 61.8 Å². The van der Waals surface area contributed by atoms with Crippen LogP contribution in [0.25, 0.3) is 33.4 Å². The van der Waals surface area contributed by atoms with E-state index in [2.05, 4.69) is 36.3 Å². The van der Waals surface area contributed by atoms with Gasteiger partial charge in [0.15, 0.2) is 0 Å². The van der Waals surface area contributed by atoms with E-state index in [0.717, 1.165) is 76.9 Å². The number of carbonyl (C=O) groups excluding carboxylic acids is 1. The molecular weight excluding hydrogens is 466 g/mol. The maximum Gasteiger partial charge on any atom is 0.230 e. The standard InChI is InChI=1S/C28H27N7O2/c1-34-22(16-26(33-34)20-6-9-29-10-7-20)17-27(36)31-21-4-2-19(3-5-21)25-18-23-24(32-25)8-11-30-28(23)35-12-14-37-15-13-35/h2-11,16,18,32H,12-15,17H2,1H3,(H,31,36). The summed E-state index contributed by atoms with van der Waals surface area (Å²) in [6.45, 7) is 3.11. The van der Waals surface area contributed by atoms with Gasteiger partial charge in [-0.25, -0.2) is 4.98 Å². The van der Waals surface area contributed by atoms with Crippen LogP contribution < -0.4 is 10.2 Å². The predicted molar refractivity (Wildman–Crippen MR) is 143 cm³/mol. The Morgan fingerprint density at radius 1 is 1.00 bits per heavy atom. The van der Waals surface area contributed by atoms with Crippen LogP contribution in [0.3, 0.4) is 0 Å². The SMILES string of the molecule is Cn1nc(-c2ccncc2)cc1CC(=O)Nc1ccc(-c2cc3c(N4CCOCC4)nccc3[nH]2)cc1. The van der Waals surface area contributed by atoms with Crippen molar-refractivity contribution in [3.8, 4) is 22.5 Å². The van der Waals surface area contributed by atoms with Gasteiger partial charge in [0, 0.05) is 66.8 Å². The molecule has 4 aromatic heterocycles. The fourth-order valence-electron chi connectivity index (χ4n) is 4.66. The number of fused-ring (bicyclic) bond motifs is 1. The Morgan fingerprint density at radius 3 is 2.57 bits per heavy atom. The molecular formula is C28H27N7O2. The molecule has 0 radical (unpaired) electrons. The number of rotatable bonds is 6. The Bertz CT molecular complexity index is 1530. The summed E-state index contributed by atoms with van der Waals surface area (Å²) >= 11 is 0. The van der Waals surface area contributed by atoms with Gasteiger partial charge in [-0.05, 0) is 48.0 Å². The number of nitrogens with zero attached hydrogens (tertiary/aromatic N) is 5. The van der Waals surface area contributed by atoms with Crippen LogP contribution >= 0.6 is 0 Å². The number of morpholine rings is 1. The van der Waals surface area contributed by atoms with Gasteiger partial charge in [-0.1, -0.05) is 12.1 Å². The molecule has 0 saturated carbocycles. The van der Waals surface area contributed by atoms with E-state index >= 15 is 0 Å². The highest BCUT2D eigenvalue weighted by Gasteiger charge is 2.17. The van der Waals surface area contributed by atoms with E-state index in [1.165, 1.54) is 0 Å². The van der Waals surface area contributed by atoms with Crippen molar-refractivity contribution in [1.29, 1.82) is 0 Å². The molecule has 5 heterocycles. The minimum Gasteiger partial charge on any atom is -0.378 e. The highest BCUT2D eigenvalue weighted by Crippen LogP contribution is 2.30. The van der Waals surface area contributed by atoms with E-state index in [-0.39, 0.29) is 12.3 Å². The van der Waals surface area contributed by atoms with Crippen molar-refractivity contribution >= 4 is 28.3 Å². The Labute approximate surface area is 214 Å². The lowest BCUT2D eigenvalue weighted by molar-refractivity contribution is -0.115. The van der Waals surface area contributed by atoms with Crippen LogP contribution in [0.4, 0.5) is 11.5 Å². The zero-order valence-corrected chi connectivity index (χ0v) is 20.5. The smallest absolute Gasteiger partial charge is 0.230 e. The maximum absolute atomic E-state index is 12.8. The summed E-state index contributed by atoms with van der Waals surface area (Å²) in [4.78, 5) is 27.2. The second kappa shape index (κ2) is 9.87. The molecule has 0 atom stereocenters. The number of hydrogen-bond acceptors (Lipinski definition) is 6. The van der Waals surface area contributed by atoms with Gasteiger partial charge in [-0.2, -0.15) is 5.10 Å². The molecule has 1 aliphatic rings. The number of benzene rings is 1. The lowest BCUT2D eigenvalue weighted by Gasteiger charge is -2.28. The van der Waals surface area contributed by atoms with Gasteiger partial charge in [0.05, 0.1) is 30.8 Å². The van der Waals surface area contributed by atoms with E-state index in [4.69, 9.17) is 4.74 Å². The third kappa shape index (κ3) is 4.81. The van der Waals surface area contributed by atoms with Gasteiger partial charge in [0.1, 0.15) is 5.82 Å². The number of nitrogens with one attached hydrogen (secondary N) is 2. The minimum atomic E-state index is -0.0936. The third-order valence-electron chi connectivity index (χ3n) is 6.61. The van der Waals surface area contributed by atoms with Crippen LogP contribution in [0.1, 0.15) is 5.69 Å². The second-order valence-electron chi connectivity index (χ2n) is 9.06. The van der Waals surface area contributed by atoms with Crippen LogP contribution in [0.2, 0.25) is 0 Å². The molecule has 1 aromatic carbocycles. The first-order chi connectivity index (χ1) is 18.1. The number of H-pyrrole nitrogens is 1. The molecule has 6 rings (SSSR count). The first kappa shape index (κ1) is 22.9. The van der Waals surface area contributed by atoms with Crippen molar-refractivity contribution in [1.82, 2.24) is 24.7 Å². The molecule has 5 aromatic rings. The lowest BCUT2D eigenvalue weighted by atomic mass is 10.1. The number of hydrogen-bond donors (Lipinski definition) is 2. The van der Waals surface area contributed by atoms with Crippen molar-refractivity contribution < 1.29 is 9.53 Å². The number of anilines is 2. The number of ether oxygens (including phenoxy) is 1. The average Bonchev–Trinajstić information content (AvgIpc) is 3.53. The highest BCUT2D eigenvalue weighted by atomic mass is 16.5. The molecule has 1 amide bonds. The summed E-state index contributed by atoms with van der Waals surface area (Å²) in [7, 11) is 1.85. The van der Waals surface area contributed by atoms with Gasteiger partial charge in [-0.15, -0.1) is 0 Å². The molecule has 37 heavy (non-hydrogen) atoms. The number of aromatic amines is 1. The number of carbonyl (C=O) groups is 1. The maximum atomic E-state index is 12.8. The summed E-state index contributed by atoms with van der Waals surface area (Å²) in [5.74, 6) is 0.887. The Kier molecular flexibility index (Phi) is 6.11. The fourth-order valence-corrected chi connectivity index (χ4v) is 4.66. The molecule has 1 aliphatic heterocycles. The first-order valence-corrected chi connectivity index (χ1v) is 12.3. The summed E-state index contributed by atoms with van der Waals surface area (Å²) in [5, 5.41) is 8.62. The summed E-state index contributed by atoms with van der Waals surface area (Å²) in [6.07, 6.45) is 5.54. The van der Waals surface area contributed by atoms with Crippen molar-refractivity contribution in [3.05, 3.63) is 78.9 Å². The largest absolute Gasteiger partial charge is 0.378 e. The monoisotopic (exact) mass is 493 g/mol. The molecule has 0 aliphatic carbocycles. The molecule has 0 bridgehead atoms. The molecule has 0 spiro atoms. The molecule has 186 valence electrons. The number of aromatic nitrogens is 5. The molecule has 2 N–H and O–H groups in total. The van der Waals surface area contributed by atoms with Crippen LogP contribution in [0.15, 0.2) is 73.2 Å². The van der Waals surface area contributed by atoms with Crippen molar-refractivity contribution in [2.75, 3.05) is 36.5 Å². The van der Waals surface area contributed by atoms with Gasteiger partial charge < -0.3 is 19.9 Å². The van der Waals surface area contributed by atoms with E-state index in [1.54, 1.807) is 17.1 Å². The van der Waals surface area contributed by atoms with Crippen LogP contribution in [0, 0.1) is 0 Å². The average molecular weight is 494 g/mol. The number of pyridine rings is 2. The topological polar surface area (TPSA) is 101 Å². The van der Waals surface area contributed by atoms with E-state index in [9.17, 15) is 4.79 Å². The Balaban J connectivity index is 1.15. The number of amides is 1. The fraction of sp³-hybridized carbons (Fsp3) is 0.214. The third-order valence-corrected chi connectivity index (χ3v) is 6.61. The molecule has 1 fully saturated rings. The molecule has 1 saturated heterocycles. The van der Waals surface area contributed by atoms with Crippen molar-refractivity contribution in [2.45, 2.75) is 6.42 Å². The van der Waals surface area contributed by atoms with Crippen molar-refractivity contribution in [2.24, 2.45) is 7.05 Å². The summed E-state index contributed by atoms with van der Waals surface area (Å²) < 4.78 is 7.24. The summed E-state index contributed by atoms with van der Waals surface area (Å²) in [6, 6.07) is 17.7. The highest BCUT2D eigenvalue weighted by molar-refractivity contribution is 5.95. The molecule has 0 unspecified atom stereocenters. The van der Waals surface area contributed by atoms with E-state index in [0.29, 0.717) is 0 Å². The Morgan fingerprint density at radius 2 is 1.78 bits per heavy atom. The van der Waals surface area contributed by atoms with Gasteiger partial charge in [0.2, 0.25) is 5.91 Å². The Hall–Kier alpha value is -4.50.